The smallest absolute Gasteiger partial charge is 0.409 e. The van der Waals surface area contributed by atoms with Gasteiger partial charge in [-0.25, -0.2) is 4.79 Å². The van der Waals surface area contributed by atoms with E-state index in [-0.39, 0.29) is 28.2 Å². The predicted molar refractivity (Wildman–Crippen MR) is 80.3 cm³/mol. The summed E-state index contributed by atoms with van der Waals surface area (Å²) in [5.41, 5.74) is 5.77. The maximum Gasteiger partial charge on any atom is 0.409 e. The molecular weight excluding hydrogens is 308 g/mol. The van der Waals surface area contributed by atoms with E-state index in [2.05, 4.69) is 4.98 Å². The monoisotopic (exact) mass is 320 g/mol. The van der Waals surface area contributed by atoms with Crippen LogP contribution in [0.2, 0.25) is 5.02 Å². The Morgan fingerprint density at radius 1 is 1.36 bits per heavy atom. The van der Waals surface area contributed by atoms with Crippen molar-refractivity contribution in [1.29, 1.82) is 0 Å². The van der Waals surface area contributed by atoms with Crippen LogP contribution in [0.25, 0.3) is 0 Å². The molecule has 0 bridgehead atoms. The van der Waals surface area contributed by atoms with Gasteiger partial charge in [0.15, 0.2) is 6.29 Å². The summed E-state index contributed by atoms with van der Waals surface area (Å²) >= 11 is 6.07. The van der Waals surface area contributed by atoms with Crippen LogP contribution in [-0.2, 0) is 0 Å². The van der Waals surface area contributed by atoms with Crippen molar-refractivity contribution in [3.8, 4) is 11.5 Å². The van der Waals surface area contributed by atoms with Gasteiger partial charge in [-0.05, 0) is 25.1 Å². The van der Waals surface area contributed by atoms with E-state index < -0.39 is 6.09 Å². The second-order valence-electron chi connectivity index (χ2n) is 4.37. The Morgan fingerprint density at radius 2 is 2.14 bits per heavy atom. The largest absolute Gasteiger partial charge is 0.483 e. The average molecular weight is 321 g/mol. The standard InChI is InChI=1S/C15H13ClN2O4/c1-9(12-4-2-3-5-18-12)21-14-7-13(22-15(17)20)10(8-19)6-11(14)16/h2-9H,1H3,(H2,17,20)/t9-/m1/s1. The van der Waals surface area contributed by atoms with Gasteiger partial charge in [-0.3, -0.25) is 9.78 Å². The number of hydrogen-bond donors (Lipinski definition) is 1. The summed E-state index contributed by atoms with van der Waals surface area (Å²) in [6, 6.07) is 8.12. The van der Waals surface area contributed by atoms with Crippen LogP contribution in [0.4, 0.5) is 4.79 Å². The average Bonchev–Trinajstić information content (AvgIpc) is 2.50. The number of pyridine rings is 1. The van der Waals surface area contributed by atoms with E-state index in [0.29, 0.717) is 12.0 Å². The van der Waals surface area contributed by atoms with Crippen LogP contribution in [0.5, 0.6) is 11.5 Å². The first kappa shape index (κ1) is 15.8. The van der Waals surface area contributed by atoms with Crippen LogP contribution in [0.15, 0.2) is 36.5 Å². The third-order valence-corrected chi connectivity index (χ3v) is 3.11. The quantitative estimate of drug-likeness (QED) is 0.854. The molecule has 2 rings (SSSR count). The number of carbonyl (C=O) groups excluding carboxylic acids is 2. The molecule has 7 heteroatoms. The van der Waals surface area contributed by atoms with Gasteiger partial charge >= 0.3 is 6.09 Å². The zero-order chi connectivity index (χ0) is 16.1. The fourth-order valence-corrected chi connectivity index (χ4v) is 2.01. The van der Waals surface area contributed by atoms with Gasteiger partial charge in [-0.1, -0.05) is 17.7 Å². The van der Waals surface area contributed by atoms with Crippen molar-refractivity contribution >= 4 is 24.0 Å². The van der Waals surface area contributed by atoms with E-state index in [4.69, 9.17) is 26.8 Å². The van der Waals surface area contributed by atoms with Gasteiger partial charge in [0, 0.05) is 12.3 Å². The zero-order valence-electron chi connectivity index (χ0n) is 11.7. The van der Waals surface area contributed by atoms with Gasteiger partial charge in [0.25, 0.3) is 0 Å². The molecule has 22 heavy (non-hydrogen) atoms. The number of aromatic nitrogens is 1. The number of halogens is 1. The highest BCUT2D eigenvalue weighted by Gasteiger charge is 2.16. The fourth-order valence-electron chi connectivity index (χ4n) is 1.80. The number of rotatable bonds is 5. The number of amides is 1. The molecule has 1 heterocycles. The molecule has 0 radical (unpaired) electrons. The fraction of sp³-hybridized carbons (Fsp3) is 0.133. The van der Waals surface area contributed by atoms with Crippen molar-refractivity contribution in [1.82, 2.24) is 4.98 Å². The number of hydrogen-bond acceptors (Lipinski definition) is 5. The Kier molecular flexibility index (Phi) is 4.95. The molecule has 1 amide bonds. The minimum absolute atomic E-state index is 0.0184. The lowest BCUT2D eigenvalue weighted by Crippen LogP contribution is -2.17. The van der Waals surface area contributed by atoms with Crippen molar-refractivity contribution in [3.63, 3.8) is 0 Å². The Morgan fingerprint density at radius 3 is 2.73 bits per heavy atom. The van der Waals surface area contributed by atoms with Crippen LogP contribution < -0.4 is 15.2 Å². The van der Waals surface area contributed by atoms with Gasteiger partial charge in [-0.15, -0.1) is 0 Å². The maximum atomic E-state index is 11.0. The number of benzene rings is 1. The first-order chi connectivity index (χ1) is 10.5. The maximum absolute atomic E-state index is 11.0. The predicted octanol–water partition coefficient (Wildman–Crippen LogP) is 3.15. The molecular formula is C15H13ClN2O4. The molecule has 6 nitrogen and oxygen atoms in total. The second-order valence-corrected chi connectivity index (χ2v) is 4.78. The summed E-state index contributed by atoms with van der Waals surface area (Å²) in [6.07, 6.45) is 0.737. The topological polar surface area (TPSA) is 91.5 Å². The molecule has 0 fully saturated rings. The Balaban J connectivity index is 2.30. The normalized spacial score (nSPS) is 11.5. The molecule has 0 saturated heterocycles. The highest BCUT2D eigenvalue weighted by Crippen LogP contribution is 2.34. The number of nitrogens with two attached hydrogens (primary N) is 1. The molecule has 0 aliphatic carbocycles. The van der Waals surface area contributed by atoms with Crippen LogP contribution in [0.1, 0.15) is 29.1 Å². The van der Waals surface area contributed by atoms with Crippen molar-refractivity contribution in [2.45, 2.75) is 13.0 Å². The molecule has 1 aromatic carbocycles. The summed E-state index contributed by atoms with van der Waals surface area (Å²) < 4.78 is 10.5. The minimum atomic E-state index is -1.03. The lowest BCUT2D eigenvalue weighted by Gasteiger charge is -2.16. The van der Waals surface area contributed by atoms with Crippen molar-refractivity contribution < 1.29 is 19.1 Å². The lowest BCUT2D eigenvalue weighted by atomic mass is 10.2. The third-order valence-electron chi connectivity index (χ3n) is 2.81. The molecule has 2 N–H and O–H groups in total. The Bertz CT molecular complexity index is 691. The molecule has 0 spiro atoms. The summed E-state index contributed by atoms with van der Waals surface area (Å²) in [5.74, 6) is 0.233. The molecule has 0 aliphatic rings. The van der Waals surface area contributed by atoms with E-state index >= 15 is 0 Å². The summed E-state index contributed by atoms with van der Waals surface area (Å²) in [4.78, 5) is 26.0. The molecule has 0 aliphatic heterocycles. The van der Waals surface area contributed by atoms with Gasteiger partial charge < -0.3 is 15.2 Å². The van der Waals surface area contributed by atoms with Crippen molar-refractivity contribution in [2.75, 3.05) is 0 Å². The molecule has 114 valence electrons. The molecule has 0 unspecified atom stereocenters. The first-order valence-corrected chi connectivity index (χ1v) is 6.72. The molecule has 0 saturated carbocycles. The van der Waals surface area contributed by atoms with Crippen LogP contribution in [0, 0.1) is 0 Å². The number of primary amides is 1. The Hall–Kier alpha value is -2.60. The minimum Gasteiger partial charge on any atom is -0.483 e. The third kappa shape index (κ3) is 3.73. The number of nitrogens with zero attached hydrogens (tertiary/aromatic N) is 1. The van der Waals surface area contributed by atoms with Gasteiger partial charge in [0.05, 0.1) is 16.3 Å². The van der Waals surface area contributed by atoms with Crippen LogP contribution >= 0.6 is 11.6 Å². The lowest BCUT2D eigenvalue weighted by molar-refractivity contribution is 0.112. The van der Waals surface area contributed by atoms with E-state index in [1.807, 2.05) is 6.07 Å². The van der Waals surface area contributed by atoms with Gasteiger partial charge in [-0.2, -0.15) is 0 Å². The van der Waals surface area contributed by atoms with E-state index in [9.17, 15) is 9.59 Å². The van der Waals surface area contributed by atoms with E-state index in [1.165, 1.54) is 12.1 Å². The first-order valence-electron chi connectivity index (χ1n) is 6.35. The highest BCUT2D eigenvalue weighted by molar-refractivity contribution is 6.32. The molecule has 2 aromatic rings. The van der Waals surface area contributed by atoms with E-state index in [0.717, 1.165) is 0 Å². The SMILES string of the molecule is C[C@@H](Oc1cc(OC(N)=O)c(C=O)cc1Cl)c1ccccn1. The number of aldehydes is 1. The summed E-state index contributed by atoms with van der Waals surface area (Å²) in [7, 11) is 0. The molecule has 1 atom stereocenters. The second kappa shape index (κ2) is 6.91. The highest BCUT2D eigenvalue weighted by atomic mass is 35.5. The van der Waals surface area contributed by atoms with E-state index in [1.54, 1.807) is 25.3 Å². The zero-order valence-corrected chi connectivity index (χ0v) is 12.4. The van der Waals surface area contributed by atoms with Gasteiger partial charge in [0.2, 0.25) is 0 Å². The van der Waals surface area contributed by atoms with Crippen LogP contribution in [0.3, 0.4) is 0 Å². The van der Waals surface area contributed by atoms with Crippen LogP contribution in [-0.4, -0.2) is 17.4 Å². The van der Waals surface area contributed by atoms with Crippen molar-refractivity contribution in [2.24, 2.45) is 5.73 Å². The number of ether oxygens (including phenoxy) is 2. The summed E-state index contributed by atoms with van der Waals surface area (Å²) in [6.45, 7) is 1.79. The molecule has 1 aromatic heterocycles. The number of carbonyl (C=O) groups is 2. The Labute approximate surface area is 131 Å². The van der Waals surface area contributed by atoms with Crippen molar-refractivity contribution in [3.05, 3.63) is 52.8 Å². The van der Waals surface area contributed by atoms with Gasteiger partial charge in [0.1, 0.15) is 17.6 Å². The summed E-state index contributed by atoms with van der Waals surface area (Å²) in [5, 5.41) is 0.210.